The summed E-state index contributed by atoms with van der Waals surface area (Å²) in [5, 5.41) is 15.8. The molecule has 3 heterocycles. The van der Waals surface area contributed by atoms with Gasteiger partial charge >= 0.3 is 0 Å². The van der Waals surface area contributed by atoms with Gasteiger partial charge in [0, 0.05) is 22.6 Å². The number of carbonyl (C=O) groups excluding carboxylic acids is 3. The quantitative estimate of drug-likeness (QED) is 0.526. The highest BCUT2D eigenvalue weighted by molar-refractivity contribution is 9.09. The molecule has 8 nitrogen and oxygen atoms in total. The summed E-state index contributed by atoms with van der Waals surface area (Å²) in [6.07, 6.45) is -0.0918. The Bertz CT molecular complexity index is 884. The molecular formula is C20H23BrClN3O5. The lowest BCUT2D eigenvalue weighted by molar-refractivity contribution is -0.143. The summed E-state index contributed by atoms with van der Waals surface area (Å²) in [7, 11) is 1.52. The molecule has 0 aliphatic carbocycles. The highest BCUT2D eigenvalue weighted by atomic mass is 79.9. The number of hydrogen-bond acceptors (Lipinski definition) is 5. The Morgan fingerprint density at radius 1 is 1.37 bits per heavy atom. The second kappa shape index (κ2) is 7.78. The minimum absolute atomic E-state index is 0.168. The van der Waals surface area contributed by atoms with Gasteiger partial charge < -0.3 is 25.4 Å². The molecule has 10 heteroatoms. The largest absolute Gasteiger partial charge is 0.394 e. The van der Waals surface area contributed by atoms with Gasteiger partial charge in [-0.2, -0.15) is 0 Å². The fourth-order valence-corrected chi connectivity index (χ4v) is 6.21. The Labute approximate surface area is 187 Å². The number of nitrogens with zero attached hydrogens (tertiary/aromatic N) is 1. The number of anilines is 1. The van der Waals surface area contributed by atoms with Gasteiger partial charge in [-0.15, -0.1) is 0 Å². The van der Waals surface area contributed by atoms with Crippen LogP contribution in [0.5, 0.6) is 0 Å². The van der Waals surface area contributed by atoms with Gasteiger partial charge in [-0.3, -0.25) is 14.4 Å². The molecule has 3 unspecified atom stereocenters. The second-order valence-corrected chi connectivity index (χ2v) is 9.66. The van der Waals surface area contributed by atoms with Crippen LogP contribution >= 0.6 is 27.5 Å². The summed E-state index contributed by atoms with van der Waals surface area (Å²) in [6, 6.07) is 5.05. The number of fused-ring (bicyclic) bond motifs is 1. The van der Waals surface area contributed by atoms with Crippen LogP contribution in [0.3, 0.4) is 0 Å². The zero-order valence-electron chi connectivity index (χ0n) is 16.5. The molecule has 1 aromatic rings. The van der Waals surface area contributed by atoms with Crippen LogP contribution in [-0.4, -0.2) is 70.0 Å². The highest BCUT2D eigenvalue weighted by Crippen LogP contribution is 2.60. The van der Waals surface area contributed by atoms with Gasteiger partial charge in [0.1, 0.15) is 11.6 Å². The van der Waals surface area contributed by atoms with Crippen molar-refractivity contribution < 1.29 is 24.2 Å². The molecule has 7 atom stereocenters. The lowest BCUT2D eigenvalue weighted by Crippen LogP contribution is -2.56. The Balaban J connectivity index is 1.75. The van der Waals surface area contributed by atoms with Crippen LogP contribution in [-0.2, 0) is 19.1 Å². The maximum atomic E-state index is 13.5. The molecule has 1 aromatic carbocycles. The first-order chi connectivity index (χ1) is 14.2. The van der Waals surface area contributed by atoms with Gasteiger partial charge in [0.15, 0.2) is 0 Å². The van der Waals surface area contributed by atoms with Gasteiger partial charge in [0.2, 0.25) is 17.7 Å². The normalized spacial score (nSPS) is 35.3. The van der Waals surface area contributed by atoms with Crippen LogP contribution in [0.2, 0.25) is 5.02 Å². The van der Waals surface area contributed by atoms with Gasteiger partial charge in [-0.1, -0.05) is 27.5 Å². The predicted molar refractivity (Wildman–Crippen MR) is 113 cm³/mol. The van der Waals surface area contributed by atoms with E-state index in [1.807, 2.05) is 0 Å². The van der Waals surface area contributed by atoms with E-state index in [9.17, 15) is 19.5 Å². The lowest BCUT2D eigenvalue weighted by atomic mass is 9.70. The van der Waals surface area contributed by atoms with Crippen molar-refractivity contribution in [3.8, 4) is 0 Å². The van der Waals surface area contributed by atoms with E-state index >= 15 is 0 Å². The highest BCUT2D eigenvalue weighted by Gasteiger charge is 2.76. The number of nitrogens with one attached hydrogen (secondary N) is 2. The van der Waals surface area contributed by atoms with E-state index in [2.05, 4.69) is 26.6 Å². The molecule has 3 aliphatic rings. The SMILES string of the molecule is CNC(=O)[C@H]1[C@H]2C(=O)N([C@H](C)CO)C(C(=O)Nc3ccc(Cl)cc3)C23CC(Br)[C@@H]1O3. The predicted octanol–water partition coefficient (Wildman–Crippen LogP) is 1.15. The third kappa shape index (κ3) is 3.05. The molecular weight excluding hydrogens is 478 g/mol. The molecule has 3 amide bonds. The zero-order chi connectivity index (χ0) is 21.8. The van der Waals surface area contributed by atoms with Crippen LogP contribution in [0.1, 0.15) is 13.3 Å². The first-order valence-corrected chi connectivity index (χ1v) is 11.1. The van der Waals surface area contributed by atoms with Gasteiger partial charge in [0.25, 0.3) is 0 Å². The van der Waals surface area contributed by atoms with E-state index in [1.165, 1.54) is 11.9 Å². The molecule has 162 valence electrons. The first kappa shape index (κ1) is 21.5. The molecule has 0 radical (unpaired) electrons. The van der Waals surface area contributed by atoms with Crippen LogP contribution in [0, 0.1) is 11.8 Å². The van der Waals surface area contributed by atoms with Crippen molar-refractivity contribution in [1.29, 1.82) is 0 Å². The number of aliphatic hydroxyl groups is 1. The van der Waals surface area contributed by atoms with Crippen molar-refractivity contribution >= 4 is 50.9 Å². The third-order valence-electron chi connectivity index (χ3n) is 6.38. The van der Waals surface area contributed by atoms with Crippen molar-refractivity contribution in [2.75, 3.05) is 19.0 Å². The van der Waals surface area contributed by atoms with E-state index in [1.54, 1.807) is 31.2 Å². The van der Waals surface area contributed by atoms with Crippen LogP contribution in [0.15, 0.2) is 24.3 Å². The monoisotopic (exact) mass is 499 g/mol. The number of alkyl halides is 1. The lowest BCUT2D eigenvalue weighted by Gasteiger charge is -2.35. The van der Waals surface area contributed by atoms with E-state index in [4.69, 9.17) is 16.3 Å². The molecule has 1 spiro atoms. The minimum Gasteiger partial charge on any atom is -0.394 e. The molecule has 2 bridgehead atoms. The third-order valence-corrected chi connectivity index (χ3v) is 7.47. The summed E-state index contributed by atoms with van der Waals surface area (Å²) in [5.41, 5.74) is -0.619. The Morgan fingerprint density at radius 3 is 2.63 bits per heavy atom. The summed E-state index contributed by atoms with van der Waals surface area (Å²) in [6.45, 7) is 1.36. The second-order valence-electron chi connectivity index (χ2n) is 8.05. The van der Waals surface area contributed by atoms with Gasteiger partial charge in [-0.05, 0) is 37.6 Å². The fraction of sp³-hybridized carbons (Fsp3) is 0.550. The number of halogens is 2. The van der Waals surface area contributed by atoms with Crippen molar-refractivity contribution in [3.05, 3.63) is 29.3 Å². The van der Waals surface area contributed by atoms with E-state index < -0.39 is 41.5 Å². The number of ether oxygens (including phenoxy) is 1. The molecule has 0 saturated carbocycles. The van der Waals surface area contributed by atoms with Gasteiger partial charge in [-0.25, -0.2) is 0 Å². The number of aliphatic hydroxyl groups excluding tert-OH is 1. The number of carbonyl (C=O) groups is 3. The number of hydrogen-bond donors (Lipinski definition) is 3. The molecule has 3 saturated heterocycles. The van der Waals surface area contributed by atoms with Crippen LogP contribution in [0.4, 0.5) is 5.69 Å². The van der Waals surface area contributed by atoms with Crippen molar-refractivity contribution in [2.45, 2.75) is 42.0 Å². The average molecular weight is 501 g/mol. The van der Waals surface area contributed by atoms with E-state index in [-0.39, 0.29) is 23.2 Å². The Morgan fingerprint density at radius 2 is 2.03 bits per heavy atom. The smallest absolute Gasteiger partial charge is 0.250 e. The molecule has 3 aliphatic heterocycles. The summed E-state index contributed by atoms with van der Waals surface area (Å²) in [4.78, 5) is 40.8. The molecule has 3 fully saturated rings. The minimum atomic E-state index is -1.15. The number of rotatable bonds is 5. The molecule has 3 N–H and O–H groups in total. The summed E-state index contributed by atoms with van der Waals surface area (Å²) in [5.74, 6) is -2.55. The van der Waals surface area contributed by atoms with E-state index in [0.29, 0.717) is 17.1 Å². The number of amides is 3. The molecule has 30 heavy (non-hydrogen) atoms. The number of benzene rings is 1. The summed E-state index contributed by atoms with van der Waals surface area (Å²) >= 11 is 9.50. The van der Waals surface area contributed by atoms with Crippen molar-refractivity contribution in [2.24, 2.45) is 11.8 Å². The first-order valence-electron chi connectivity index (χ1n) is 9.78. The average Bonchev–Trinajstić information content (AvgIpc) is 3.32. The number of likely N-dealkylation sites (tertiary alicyclic amines) is 1. The van der Waals surface area contributed by atoms with Crippen molar-refractivity contribution in [3.63, 3.8) is 0 Å². The topological polar surface area (TPSA) is 108 Å². The maximum Gasteiger partial charge on any atom is 0.250 e. The molecule has 4 rings (SSSR count). The van der Waals surface area contributed by atoms with Crippen LogP contribution < -0.4 is 10.6 Å². The summed E-state index contributed by atoms with van der Waals surface area (Å²) < 4.78 is 6.28. The molecule has 0 aromatic heterocycles. The fourth-order valence-electron chi connectivity index (χ4n) is 5.14. The van der Waals surface area contributed by atoms with Crippen molar-refractivity contribution in [1.82, 2.24) is 10.2 Å². The van der Waals surface area contributed by atoms with Gasteiger partial charge in [0.05, 0.1) is 30.6 Å². The Hall–Kier alpha value is -1.68. The Kier molecular flexibility index (Phi) is 5.59. The maximum absolute atomic E-state index is 13.5. The zero-order valence-corrected chi connectivity index (χ0v) is 18.8. The standard InChI is InChI=1S/C20H23BrClN3O5/c1-9(8-26)25-16(18(28)24-11-5-3-10(22)4-6-11)20-7-12(21)15(30-20)13(17(27)23-2)14(20)19(25)29/h3-6,9,12-16,26H,7-8H2,1-2H3,(H,23,27)(H,24,28)/t9-,12?,13+,14+,15+,16?,20?/m1/s1. The van der Waals surface area contributed by atoms with E-state index in [0.717, 1.165) is 0 Å². The van der Waals surface area contributed by atoms with Crippen LogP contribution in [0.25, 0.3) is 0 Å².